The van der Waals surface area contributed by atoms with Crippen LogP contribution in [-0.4, -0.2) is 18.2 Å². The first-order chi connectivity index (χ1) is 7.86. The Labute approximate surface area is 94.0 Å². The average Bonchev–Trinajstić information content (AvgIpc) is 2.33. The summed E-state index contributed by atoms with van der Waals surface area (Å²) < 4.78 is 5.40. The van der Waals surface area contributed by atoms with Gasteiger partial charge in [0.2, 0.25) is 0 Å². The van der Waals surface area contributed by atoms with Gasteiger partial charge in [-0.1, -0.05) is 0 Å². The molecule has 5 nitrogen and oxygen atoms in total. The molecule has 0 radical (unpaired) electrons. The van der Waals surface area contributed by atoms with Crippen molar-refractivity contribution in [3.05, 3.63) is 24.3 Å². The SMILES string of the molecule is N#CCCCOc1ccc(N=CNO)cc1. The summed E-state index contributed by atoms with van der Waals surface area (Å²) in [5, 5.41) is 16.6. The number of hydrogen-bond donors (Lipinski definition) is 2. The van der Waals surface area contributed by atoms with Crippen LogP contribution in [0.4, 0.5) is 5.69 Å². The van der Waals surface area contributed by atoms with Crippen molar-refractivity contribution in [2.75, 3.05) is 6.61 Å². The van der Waals surface area contributed by atoms with Crippen LogP contribution in [0.1, 0.15) is 12.8 Å². The number of hydrogen-bond acceptors (Lipinski definition) is 4. The van der Waals surface area contributed by atoms with Crippen molar-refractivity contribution in [1.29, 1.82) is 5.26 Å². The second-order valence-electron chi connectivity index (χ2n) is 2.99. The highest BCUT2D eigenvalue weighted by atomic mass is 16.5. The van der Waals surface area contributed by atoms with E-state index < -0.39 is 0 Å². The number of nitrogens with one attached hydrogen (secondary N) is 1. The monoisotopic (exact) mass is 219 g/mol. The smallest absolute Gasteiger partial charge is 0.119 e. The molecule has 0 spiro atoms. The second-order valence-corrected chi connectivity index (χ2v) is 2.99. The van der Waals surface area contributed by atoms with Crippen molar-refractivity contribution in [1.82, 2.24) is 5.48 Å². The maximum atomic E-state index is 8.33. The third-order valence-corrected chi connectivity index (χ3v) is 1.81. The molecule has 5 heteroatoms. The lowest BCUT2D eigenvalue weighted by Crippen LogP contribution is -2.00. The van der Waals surface area contributed by atoms with E-state index in [1.54, 1.807) is 24.3 Å². The summed E-state index contributed by atoms with van der Waals surface area (Å²) in [5.41, 5.74) is 2.54. The highest BCUT2D eigenvalue weighted by Crippen LogP contribution is 2.17. The Bertz CT molecular complexity index is 368. The van der Waals surface area contributed by atoms with Gasteiger partial charge in [0.05, 0.1) is 18.4 Å². The lowest BCUT2D eigenvalue weighted by Gasteiger charge is -2.04. The van der Waals surface area contributed by atoms with Crippen LogP contribution in [0.2, 0.25) is 0 Å². The van der Waals surface area contributed by atoms with Crippen LogP contribution >= 0.6 is 0 Å². The molecule has 1 rings (SSSR count). The Hall–Kier alpha value is -2.06. The van der Waals surface area contributed by atoms with Gasteiger partial charge >= 0.3 is 0 Å². The molecule has 1 aromatic rings. The van der Waals surface area contributed by atoms with Gasteiger partial charge in [0.1, 0.15) is 12.1 Å². The minimum absolute atomic E-state index is 0.505. The number of benzene rings is 1. The maximum absolute atomic E-state index is 8.33. The summed E-state index contributed by atoms with van der Waals surface area (Å²) in [5.74, 6) is 0.744. The fourth-order valence-corrected chi connectivity index (χ4v) is 1.07. The number of unbranched alkanes of at least 4 members (excludes halogenated alkanes) is 1. The number of rotatable bonds is 6. The third-order valence-electron chi connectivity index (χ3n) is 1.81. The quantitative estimate of drug-likeness (QED) is 0.332. The maximum Gasteiger partial charge on any atom is 0.119 e. The number of nitriles is 1. The van der Waals surface area contributed by atoms with Crippen molar-refractivity contribution in [3.63, 3.8) is 0 Å². The largest absolute Gasteiger partial charge is 0.494 e. The van der Waals surface area contributed by atoms with Crippen LogP contribution in [0.25, 0.3) is 0 Å². The van der Waals surface area contributed by atoms with Gasteiger partial charge in [-0.05, 0) is 30.7 Å². The predicted molar refractivity (Wildman–Crippen MR) is 59.9 cm³/mol. The minimum atomic E-state index is 0.505. The van der Waals surface area contributed by atoms with Crippen molar-refractivity contribution < 1.29 is 9.94 Å². The van der Waals surface area contributed by atoms with Crippen molar-refractivity contribution in [2.24, 2.45) is 4.99 Å². The first-order valence-corrected chi connectivity index (χ1v) is 4.89. The van der Waals surface area contributed by atoms with Gasteiger partial charge < -0.3 is 4.74 Å². The summed E-state index contributed by atoms with van der Waals surface area (Å²) in [6.07, 6.45) is 2.41. The molecule has 2 N–H and O–H groups in total. The molecule has 0 unspecified atom stereocenters. The summed E-state index contributed by atoms with van der Waals surface area (Å²) in [4.78, 5) is 3.89. The van der Waals surface area contributed by atoms with E-state index >= 15 is 0 Å². The van der Waals surface area contributed by atoms with Crippen LogP contribution in [0.3, 0.4) is 0 Å². The van der Waals surface area contributed by atoms with Crippen LogP contribution < -0.4 is 10.2 Å². The molecule has 0 aliphatic rings. The number of hydroxylamine groups is 1. The molecule has 0 aliphatic carbocycles. The van der Waals surface area contributed by atoms with E-state index in [9.17, 15) is 0 Å². The molecule has 0 saturated heterocycles. The molecule has 0 fully saturated rings. The standard InChI is InChI=1S/C11H13N3O2/c12-7-1-2-8-16-11-5-3-10(4-6-11)13-9-14-15/h3-6,9,15H,1-2,8H2,(H,13,14). The van der Waals surface area contributed by atoms with Gasteiger partial charge in [-0.15, -0.1) is 0 Å². The zero-order valence-electron chi connectivity index (χ0n) is 8.76. The topological polar surface area (TPSA) is 77.6 Å². The summed E-state index contributed by atoms with van der Waals surface area (Å²) in [6, 6.07) is 9.18. The molecule has 0 bridgehead atoms. The predicted octanol–water partition coefficient (Wildman–Crippen LogP) is 2.01. The summed E-state index contributed by atoms with van der Waals surface area (Å²) in [7, 11) is 0. The molecule has 84 valence electrons. The normalized spacial score (nSPS) is 10.0. The van der Waals surface area contributed by atoms with E-state index in [0.29, 0.717) is 18.7 Å². The molecule has 0 heterocycles. The minimum Gasteiger partial charge on any atom is -0.494 e. The van der Waals surface area contributed by atoms with Gasteiger partial charge in [-0.25, -0.2) is 4.99 Å². The average molecular weight is 219 g/mol. The van der Waals surface area contributed by atoms with Crippen molar-refractivity contribution >= 4 is 12.0 Å². The van der Waals surface area contributed by atoms with E-state index in [2.05, 4.69) is 11.1 Å². The van der Waals surface area contributed by atoms with Gasteiger partial charge in [0.25, 0.3) is 0 Å². The molecule has 0 saturated carbocycles. The summed E-state index contributed by atoms with van der Waals surface area (Å²) >= 11 is 0. The van der Waals surface area contributed by atoms with Gasteiger partial charge in [0.15, 0.2) is 0 Å². The zero-order chi connectivity index (χ0) is 11.6. The third kappa shape index (κ3) is 4.44. The Morgan fingerprint density at radius 1 is 1.44 bits per heavy atom. The number of ether oxygens (including phenoxy) is 1. The van der Waals surface area contributed by atoms with Crippen LogP contribution in [0.5, 0.6) is 5.75 Å². The first kappa shape index (κ1) is 12.0. The highest BCUT2D eigenvalue weighted by molar-refractivity contribution is 5.59. The lowest BCUT2D eigenvalue weighted by atomic mass is 10.3. The number of nitrogens with zero attached hydrogens (tertiary/aromatic N) is 2. The summed E-state index contributed by atoms with van der Waals surface area (Å²) in [6.45, 7) is 0.536. The van der Waals surface area contributed by atoms with Gasteiger partial charge in [-0.3, -0.25) is 10.7 Å². The fraction of sp³-hybridized carbons (Fsp3) is 0.273. The van der Waals surface area contributed by atoms with Crippen molar-refractivity contribution in [3.8, 4) is 11.8 Å². The Kier molecular flexibility index (Phi) is 5.45. The molecule has 1 aromatic carbocycles. The van der Waals surface area contributed by atoms with E-state index in [0.717, 1.165) is 12.2 Å². The molecular weight excluding hydrogens is 206 g/mol. The first-order valence-electron chi connectivity index (χ1n) is 4.89. The van der Waals surface area contributed by atoms with Crippen LogP contribution in [0.15, 0.2) is 29.3 Å². The van der Waals surface area contributed by atoms with E-state index in [1.807, 2.05) is 5.48 Å². The fourth-order valence-electron chi connectivity index (χ4n) is 1.07. The number of aliphatic imine (C=N–C) groups is 1. The van der Waals surface area contributed by atoms with Gasteiger partial charge in [0, 0.05) is 6.42 Å². The molecule has 0 atom stereocenters. The lowest BCUT2D eigenvalue weighted by molar-refractivity contribution is 0.240. The van der Waals surface area contributed by atoms with E-state index in [-0.39, 0.29) is 0 Å². The van der Waals surface area contributed by atoms with Crippen LogP contribution in [-0.2, 0) is 0 Å². The molecule has 0 amide bonds. The van der Waals surface area contributed by atoms with E-state index in [1.165, 1.54) is 6.34 Å². The van der Waals surface area contributed by atoms with Gasteiger partial charge in [-0.2, -0.15) is 5.26 Å². The highest BCUT2D eigenvalue weighted by Gasteiger charge is 1.94. The molecule has 0 aliphatic heterocycles. The molecular formula is C11H13N3O2. The molecule has 16 heavy (non-hydrogen) atoms. The van der Waals surface area contributed by atoms with Crippen LogP contribution in [0, 0.1) is 11.3 Å². The van der Waals surface area contributed by atoms with Crippen molar-refractivity contribution in [2.45, 2.75) is 12.8 Å². The Morgan fingerprint density at radius 2 is 2.19 bits per heavy atom. The Balaban J connectivity index is 2.39. The molecule has 0 aromatic heterocycles. The Morgan fingerprint density at radius 3 is 2.81 bits per heavy atom. The van der Waals surface area contributed by atoms with E-state index in [4.69, 9.17) is 15.2 Å². The zero-order valence-corrected chi connectivity index (χ0v) is 8.76. The second kappa shape index (κ2) is 7.26.